The van der Waals surface area contributed by atoms with Gasteiger partial charge in [0, 0.05) is 22.2 Å². The van der Waals surface area contributed by atoms with Crippen LogP contribution in [-0.4, -0.2) is 25.7 Å². The fourth-order valence-electron chi connectivity index (χ4n) is 1.52. The SMILES string of the molecule is COCC(NC(=O)c1cc(Cl)cc(Br)c1)C(C)C. The smallest absolute Gasteiger partial charge is 0.251 e. The van der Waals surface area contributed by atoms with Crippen LogP contribution in [0.2, 0.25) is 5.02 Å². The average Bonchev–Trinajstić information content (AvgIpc) is 2.26. The molecule has 0 saturated carbocycles. The number of hydrogen-bond acceptors (Lipinski definition) is 2. The van der Waals surface area contributed by atoms with Crippen molar-refractivity contribution in [2.24, 2.45) is 5.92 Å². The molecule has 18 heavy (non-hydrogen) atoms. The number of benzene rings is 1. The second-order valence-electron chi connectivity index (χ2n) is 4.44. The molecule has 0 aliphatic heterocycles. The van der Waals surface area contributed by atoms with Gasteiger partial charge in [0.2, 0.25) is 0 Å². The third-order valence-electron chi connectivity index (χ3n) is 2.59. The third kappa shape index (κ3) is 4.59. The minimum absolute atomic E-state index is 0.0137. The molecule has 5 heteroatoms. The number of halogens is 2. The number of nitrogens with one attached hydrogen (secondary N) is 1. The van der Waals surface area contributed by atoms with Crippen LogP contribution in [-0.2, 0) is 4.74 Å². The van der Waals surface area contributed by atoms with E-state index in [2.05, 4.69) is 21.2 Å². The van der Waals surface area contributed by atoms with Crippen LogP contribution in [0.3, 0.4) is 0 Å². The lowest BCUT2D eigenvalue weighted by molar-refractivity contribution is 0.0866. The summed E-state index contributed by atoms with van der Waals surface area (Å²) in [4.78, 5) is 12.1. The second kappa shape index (κ2) is 7.12. The first-order valence-corrected chi connectivity index (χ1v) is 6.87. The lowest BCUT2D eigenvalue weighted by Gasteiger charge is -2.21. The molecule has 0 aromatic heterocycles. The van der Waals surface area contributed by atoms with E-state index in [0.717, 1.165) is 4.47 Å². The number of ether oxygens (including phenoxy) is 1. The molecule has 0 radical (unpaired) electrons. The maximum Gasteiger partial charge on any atom is 0.251 e. The van der Waals surface area contributed by atoms with E-state index in [9.17, 15) is 4.79 Å². The first-order chi connectivity index (χ1) is 8.43. The van der Waals surface area contributed by atoms with Gasteiger partial charge in [0.15, 0.2) is 0 Å². The van der Waals surface area contributed by atoms with E-state index in [1.807, 2.05) is 13.8 Å². The van der Waals surface area contributed by atoms with E-state index < -0.39 is 0 Å². The standard InChI is InChI=1S/C13H17BrClNO2/c1-8(2)12(7-18-3)16-13(17)9-4-10(14)6-11(15)5-9/h4-6,8,12H,7H2,1-3H3,(H,16,17). The van der Waals surface area contributed by atoms with Gasteiger partial charge in [-0.15, -0.1) is 0 Å². The molecule has 1 aromatic carbocycles. The summed E-state index contributed by atoms with van der Waals surface area (Å²) in [6.07, 6.45) is 0. The van der Waals surface area contributed by atoms with Gasteiger partial charge in [-0.2, -0.15) is 0 Å². The van der Waals surface area contributed by atoms with Crippen LogP contribution in [0.25, 0.3) is 0 Å². The van der Waals surface area contributed by atoms with Crippen molar-refractivity contribution in [3.63, 3.8) is 0 Å². The zero-order valence-electron chi connectivity index (χ0n) is 10.7. The number of rotatable bonds is 5. The van der Waals surface area contributed by atoms with Crippen LogP contribution in [0, 0.1) is 5.92 Å². The quantitative estimate of drug-likeness (QED) is 0.895. The molecule has 1 unspecified atom stereocenters. The van der Waals surface area contributed by atoms with E-state index in [0.29, 0.717) is 23.1 Å². The molecule has 3 nitrogen and oxygen atoms in total. The molecule has 0 fully saturated rings. The van der Waals surface area contributed by atoms with Gasteiger partial charge in [0.05, 0.1) is 12.6 Å². The highest BCUT2D eigenvalue weighted by atomic mass is 79.9. The Morgan fingerprint density at radius 3 is 2.61 bits per heavy atom. The summed E-state index contributed by atoms with van der Waals surface area (Å²) in [5.41, 5.74) is 0.538. The third-order valence-corrected chi connectivity index (χ3v) is 3.27. The normalized spacial score (nSPS) is 12.6. The van der Waals surface area contributed by atoms with E-state index in [-0.39, 0.29) is 11.9 Å². The van der Waals surface area contributed by atoms with Crippen molar-refractivity contribution in [1.82, 2.24) is 5.32 Å². The minimum atomic E-state index is -0.144. The van der Waals surface area contributed by atoms with E-state index in [1.54, 1.807) is 25.3 Å². The van der Waals surface area contributed by atoms with Gasteiger partial charge in [0.1, 0.15) is 0 Å². The Balaban J connectivity index is 2.80. The largest absolute Gasteiger partial charge is 0.383 e. The summed E-state index contributed by atoms with van der Waals surface area (Å²) in [5.74, 6) is 0.158. The lowest BCUT2D eigenvalue weighted by atomic mass is 10.0. The summed E-state index contributed by atoms with van der Waals surface area (Å²) in [7, 11) is 1.62. The summed E-state index contributed by atoms with van der Waals surface area (Å²) >= 11 is 9.24. The zero-order chi connectivity index (χ0) is 13.7. The first kappa shape index (κ1) is 15.5. The lowest BCUT2D eigenvalue weighted by Crippen LogP contribution is -2.41. The van der Waals surface area contributed by atoms with Gasteiger partial charge in [-0.05, 0) is 24.1 Å². The highest BCUT2D eigenvalue weighted by Gasteiger charge is 2.17. The van der Waals surface area contributed by atoms with Gasteiger partial charge in [-0.1, -0.05) is 41.4 Å². The Kier molecular flexibility index (Phi) is 6.12. The Labute approximate surface area is 121 Å². The minimum Gasteiger partial charge on any atom is -0.383 e. The molecule has 1 atom stereocenters. The summed E-state index contributed by atoms with van der Waals surface area (Å²) in [6, 6.07) is 5.12. The number of hydrogen-bond donors (Lipinski definition) is 1. The Morgan fingerprint density at radius 2 is 2.11 bits per heavy atom. The van der Waals surface area contributed by atoms with Crippen molar-refractivity contribution in [3.8, 4) is 0 Å². The first-order valence-electron chi connectivity index (χ1n) is 5.70. The monoisotopic (exact) mass is 333 g/mol. The molecule has 1 amide bonds. The van der Waals surface area contributed by atoms with E-state index in [1.165, 1.54) is 0 Å². The summed E-state index contributed by atoms with van der Waals surface area (Å²) in [5, 5.41) is 3.47. The molecular formula is C13H17BrClNO2. The van der Waals surface area contributed by atoms with Gasteiger partial charge in [-0.25, -0.2) is 0 Å². The van der Waals surface area contributed by atoms with Crippen molar-refractivity contribution in [2.75, 3.05) is 13.7 Å². The van der Waals surface area contributed by atoms with Crippen molar-refractivity contribution in [1.29, 1.82) is 0 Å². The topological polar surface area (TPSA) is 38.3 Å². The van der Waals surface area contributed by atoms with Crippen LogP contribution in [0.15, 0.2) is 22.7 Å². The molecule has 0 heterocycles. The van der Waals surface area contributed by atoms with Crippen LogP contribution in [0.5, 0.6) is 0 Å². The van der Waals surface area contributed by atoms with Crippen molar-refractivity contribution in [3.05, 3.63) is 33.3 Å². The fourth-order valence-corrected chi connectivity index (χ4v) is 2.38. The molecule has 1 rings (SSSR count). The van der Waals surface area contributed by atoms with Crippen LogP contribution < -0.4 is 5.32 Å². The Bertz CT molecular complexity index is 403. The van der Waals surface area contributed by atoms with Gasteiger partial charge >= 0.3 is 0 Å². The van der Waals surface area contributed by atoms with Crippen LogP contribution >= 0.6 is 27.5 Å². The van der Waals surface area contributed by atoms with Crippen LogP contribution in [0.4, 0.5) is 0 Å². The molecule has 0 aliphatic carbocycles. The molecule has 1 aromatic rings. The number of methoxy groups -OCH3 is 1. The van der Waals surface area contributed by atoms with Crippen molar-refractivity contribution < 1.29 is 9.53 Å². The highest BCUT2D eigenvalue weighted by molar-refractivity contribution is 9.10. The molecule has 100 valence electrons. The van der Waals surface area contributed by atoms with Crippen molar-refractivity contribution in [2.45, 2.75) is 19.9 Å². The fraction of sp³-hybridized carbons (Fsp3) is 0.462. The Hall–Kier alpha value is -0.580. The predicted molar refractivity (Wildman–Crippen MR) is 77.1 cm³/mol. The van der Waals surface area contributed by atoms with E-state index in [4.69, 9.17) is 16.3 Å². The van der Waals surface area contributed by atoms with Gasteiger partial charge in [-0.3, -0.25) is 4.79 Å². The van der Waals surface area contributed by atoms with Crippen molar-refractivity contribution >= 4 is 33.4 Å². The number of carbonyl (C=O) groups is 1. The number of carbonyl (C=O) groups excluding carboxylic acids is 1. The Morgan fingerprint density at radius 1 is 1.44 bits per heavy atom. The molecule has 0 saturated heterocycles. The maximum atomic E-state index is 12.1. The average molecular weight is 335 g/mol. The molecule has 0 spiro atoms. The van der Waals surface area contributed by atoms with Gasteiger partial charge in [0.25, 0.3) is 5.91 Å². The predicted octanol–water partition coefficient (Wildman–Crippen LogP) is 3.50. The zero-order valence-corrected chi connectivity index (χ0v) is 13.0. The molecular weight excluding hydrogens is 318 g/mol. The van der Waals surface area contributed by atoms with Gasteiger partial charge < -0.3 is 10.1 Å². The molecule has 0 bridgehead atoms. The second-order valence-corrected chi connectivity index (χ2v) is 5.79. The number of amides is 1. The highest BCUT2D eigenvalue weighted by Crippen LogP contribution is 2.19. The van der Waals surface area contributed by atoms with Crippen LogP contribution in [0.1, 0.15) is 24.2 Å². The van der Waals surface area contributed by atoms with E-state index >= 15 is 0 Å². The molecule has 1 N–H and O–H groups in total. The maximum absolute atomic E-state index is 12.1. The summed E-state index contributed by atoms with van der Waals surface area (Å²) < 4.78 is 5.88. The summed E-state index contributed by atoms with van der Waals surface area (Å²) in [6.45, 7) is 4.57. The molecule has 0 aliphatic rings.